The van der Waals surface area contributed by atoms with Crippen molar-refractivity contribution in [3.05, 3.63) is 57.0 Å². The van der Waals surface area contributed by atoms with Crippen molar-refractivity contribution in [2.24, 2.45) is 5.73 Å². The van der Waals surface area contributed by atoms with E-state index in [0.717, 1.165) is 28.6 Å². The number of nitrogens with two attached hydrogens (primary N) is 1. The fourth-order valence-corrected chi connectivity index (χ4v) is 2.56. The second-order valence-electron chi connectivity index (χ2n) is 5.16. The number of benzene rings is 2. The zero-order valence-electron chi connectivity index (χ0n) is 12.2. The van der Waals surface area contributed by atoms with Crippen LogP contribution in [0.4, 0.5) is 0 Å². The van der Waals surface area contributed by atoms with E-state index < -0.39 is 0 Å². The summed E-state index contributed by atoms with van der Waals surface area (Å²) in [6, 6.07) is 11.8. The van der Waals surface area contributed by atoms with Gasteiger partial charge in [0.1, 0.15) is 11.5 Å². The van der Waals surface area contributed by atoms with Gasteiger partial charge in [-0.25, -0.2) is 0 Å². The van der Waals surface area contributed by atoms with Crippen LogP contribution in [0.15, 0.2) is 40.9 Å². The SMILES string of the molecule is CCC(N)Cc1cc(C)ccc1Oc1cc(Br)ccc1Cl. The van der Waals surface area contributed by atoms with Gasteiger partial charge in [0.25, 0.3) is 0 Å². The number of ether oxygens (including phenoxy) is 1. The van der Waals surface area contributed by atoms with Gasteiger partial charge >= 0.3 is 0 Å². The highest BCUT2D eigenvalue weighted by Gasteiger charge is 2.11. The van der Waals surface area contributed by atoms with Crippen LogP contribution in [-0.2, 0) is 6.42 Å². The molecule has 2 aromatic carbocycles. The van der Waals surface area contributed by atoms with Gasteiger partial charge in [-0.1, -0.05) is 52.2 Å². The van der Waals surface area contributed by atoms with Gasteiger partial charge in [-0.2, -0.15) is 0 Å². The zero-order chi connectivity index (χ0) is 15.4. The fourth-order valence-electron chi connectivity index (χ4n) is 2.07. The van der Waals surface area contributed by atoms with Crippen LogP contribution in [-0.4, -0.2) is 6.04 Å². The van der Waals surface area contributed by atoms with Crippen molar-refractivity contribution >= 4 is 27.5 Å². The highest BCUT2D eigenvalue weighted by molar-refractivity contribution is 9.10. The molecule has 0 aliphatic heterocycles. The molecule has 1 atom stereocenters. The van der Waals surface area contributed by atoms with Crippen LogP contribution in [0.1, 0.15) is 24.5 Å². The Morgan fingerprint density at radius 2 is 1.95 bits per heavy atom. The van der Waals surface area contributed by atoms with E-state index >= 15 is 0 Å². The van der Waals surface area contributed by atoms with Gasteiger partial charge in [0.2, 0.25) is 0 Å². The van der Waals surface area contributed by atoms with Crippen LogP contribution >= 0.6 is 27.5 Å². The summed E-state index contributed by atoms with van der Waals surface area (Å²) in [4.78, 5) is 0. The highest BCUT2D eigenvalue weighted by atomic mass is 79.9. The summed E-state index contributed by atoms with van der Waals surface area (Å²) in [5.41, 5.74) is 8.39. The van der Waals surface area contributed by atoms with Crippen molar-refractivity contribution in [2.75, 3.05) is 0 Å². The molecule has 0 spiro atoms. The maximum atomic E-state index is 6.19. The summed E-state index contributed by atoms with van der Waals surface area (Å²) in [7, 11) is 0. The largest absolute Gasteiger partial charge is 0.455 e. The minimum Gasteiger partial charge on any atom is -0.455 e. The predicted molar refractivity (Wildman–Crippen MR) is 92.4 cm³/mol. The van der Waals surface area contributed by atoms with E-state index in [-0.39, 0.29) is 6.04 Å². The predicted octanol–water partition coefficient (Wildman–Crippen LogP) is 5.48. The molecular formula is C17H19BrClNO. The maximum Gasteiger partial charge on any atom is 0.147 e. The third kappa shape index (κ3) is 4.47. The Hall–Kier alpha value is -1.03. The van der Waals surface area contributed by atoms with Crippen LogP contribution in [0.2, 0.25) is 5.02 Å². The smallest absolute Gasteiger partial charge is 0.147 e. The Labute approximate surface area is 139 Å². The number of aryl methyl sites for hydroxylation is 1. The van der Waals surface area contributed by atoms with Crippen LogP contribution in [0.3, 0.4) is 0 Å². The molecule has 0 fully saturated rings. The van der Waals surface area contributed by atoms with E-state index in [4.69, 9.17) is 22.1 Å². The average molecular weight is 369 g/mol. The van der Waals surface area contributed by atoms with Crippen molar-refractivity contribution in [1.29, 1.82) is 0 Å². The molecule has 0 aliphatic rings. The number of hydrogen-bond acceptors (Lipinski definition) is 2. The molecule has 0 saturated heterocycles. The first-order valence-electron chi connectivity index (χ1n) is 6.97. The Morgan fingerprint density at radius 1 is 1.19 bits per heavy atom. The van der Waals surface area contributed by atoms with Gasteiger partial charge in [-0.3, -0.25) is 0 Å². The first kappa shape index (κ1) is 16.3. The Kier molecular flexibility index (Phi) is 5.68. The third-order valence-corrected chi connectivity index (χ3v) is 4.14. The summed E-state index contributed by atoms with van der Waals surface area (Å²) in [6.07, 6.45) is 1.73. The quantitative estimate of drug-likeness (QED) is 0.758. The Balaban J connectivity index is 2.32. The minimum atomic E-state index is 0.132. The standard InChI is InChI=1S/C17H19BrClNO/c1-3-14(20)9-12-8-11(2)4-7-16(12)21-17-10-13(18)5-6-15(17)19/h4-8,10,14H,3,9,20H2,1-2H3. The second-order valence-corrected chi connectivity index (χ2v) is 6.48. The van der Waals surface area contributed by atoms with E-state index in [9.17, 15) is 0 Å². The molecule has 0 aliphatic carbocycles. The number of rotatable bonds is 5. The lowest BCUT2D eigenvalue weighted by Gasteiger charge is -2.16. The first-order valence-corrected chi connectivity index (χ1v) is 8.14. The van der Waals surface area contributed by atoms with E-state index in [1.54, 1.807) is 0 Å². The molecule has 2 aromatic rings. The molecule has 0 amide bonds. The molecule has 0 saturated carbocycles. The average Bonchev–Trinajstić information content (AvgIpc) is 2.45. The molecule has 0 aromatic heterocycles. The molecule has 21 heavy (non-hydrogen) atoms. The molecular weight excluding hydrogens is 350 g/mol. The summed E-state index contributed by atoms with van der Waals surface area (Å²) >= 11 is 9.62. The molecule has 2 N–H and O–H groups in total. The highest BCUT2D eigenvalue weighted by Crippen LogP contribution is 2.34. The van der Waals surface area contributed by atoms with Crippen LogP contribution in [0.25, 0.3) is 0 Å². The molecule has 2 rings (SSSR count). The lowest BCUT2D eigenvalue weighted by molar-refractivity contribution is 0.472. The topological polar surface area (TPSA) is 35.2 Å². The minimum absolute atomic E-state index is 0.132. The summed E-state index contributed by atoms with van der Waals surface area (Å²) in [5.74, 6) is 1.45. The fraction of sp³-hybridized carbons (Fsp3) is 0.294. The van der Waals surface area contributed by atoms with Gasteiger partial charge in [0.05, 0.1) is 5.02 Å². The summed E-state index contributed by atoms with van der Waals surface area (Å²) < 4.78 is 6.94. The van der Waals surface area contributed by atoms with Gasteiger partial charge in [-0.05, 0) is 49.6 Å². The third-order valence-electron chi connectivity index (χ3n) is 3.34. The molecule has 0 heterocycles. The lowest BCUT2D eigenvalue weighted by Crippen LogP contribution is -2.21. The second kappa shape index (κ2) is 7.30. The lowest BCUT2D eigenvalue weighted by atomic mass is 10.0. The maximum absolute atomic E-state index is 6.19. The van der Waals surface area contributed by atoms with Crippen LogP contribution < -0.4 is 10.5 Å². The van der Waals surface area contributed by atoms with Gasteiger partial charge < -0.3 is 10.5 Å². The van der Waals surface area contributed by atoms with E-state index in [2.05, 4.69) is 35.8 Å². The molecule has 1 unspecified atom stereocenters. The van der Waals surface area contributed by atoms with Crippen molar-refractivity contribution in [1.82, 2.24) is 0 Å². The van der Waals surface area contributed by atoms with Crippen molar-refractivity contribution in [3.63, 3.8) is 0 Å². The van der Waals surface area contributed by atoms with Crippen molar-refractivity contribution in [3.8, 4) is 11.5 Å². The van der Waals surface area contributed by atoms with E-state index in [0.29, 0.717) is 10.8 Å². The number of hydrogen-bond donors (Lipinski definition) is 1. The molecule has 0 radical (unpaired) electrons. The monoisotopic (exact) mass is 367 g/mol. The Bertz CT molecular complexity index is 630. The van der Waals surface area contributed by atoms with Gasteiger partial charge in [-0.15, -0.1) is 0 Å². The first-order chi connectivity index (χ1) is 9.99. The summed E-state index contributed by atoms with van der Waals surface area (Å²) in [5, 5.41) is 0.588. The van der Waals surface area contributed by atoms with Crippen LogP contribution in [0, 0.1) is 6.92 Å². The van der Waals surface area contributed by atoms with Gasteiger partial charge in [0, 0.05) is 10.5 Å². The van der Waals surface area contributed by atoms with E-state index in [1.165, 1.54) is 5.56 Å². The van der Waals surface area contributed by atoms with Gasteiger partial charge in [0.15, 0.2) is 0 Å². The zero-order valence-corrected chi connectivity index (χ0v) is 14.5. The summed E-state index contributed by atoms with van der Waals surface area (Å²) in [6.45, 7) is 4.16. The molecule has 4 heteroatoms. The Morgan fingerprint density at radius 3 is 2.67 bits per heavy atom. The van der Waals surface area contributed by atoms with E-state index in [1.807, 2.05) is 30.3 Å². The van der Waals surface area contributed by atoms with Crippen LogP contribution in [0.5, 0.6) is 11.5 Å². The molecule has 112 valence electrons. The van der Waals surface area contributed by atoms with Crippen molar-refractivity contribution < 1.29 is 4.74 Å². The number of halogens is 2. The van der Waals surface area contributed by atoms with Crippen molar-refractivity contribution in [2.45, 2.75) is 32.7 Å². The normalized spacial score (nSPS) is 12.2. The molecule has 2 nitrogen and oxygen atoms in total. The molecule has 0 bridgehead atoms.